The summed E-state index contributed by atoms with van der Waals surface area (Å²) in [6.45, 7) is -0.400. The monoisotopic (exact) mass is 460 g/mol. The number of carboxylic acids is 1. The second-order valence-electron chi connectivity index (χ2n) is 6.25. The average Bonchev–Trinajstić information content (AvgIpc) is 2.99. The van der Waals surface area contributed by atoms with Crippen molar-refractivity contribution >= 4 is 51.9 Å². The van der Waals surface area contributed by atoms with E-state index < -0.39 is 23.3 Å². The number of methoxy groups -OCH3 is 1. The van der Waals surface area contributed by atoms with Crippen molar-refractivity contribution in [3.05, 3.63) is 68.6 Å². The largest absolute Gasteiger partial charge is 0.493 e. The summed E-state index contributed by atoms with van der Waals surface area (Å²) in [7, 11) is 1.48. The van der Waals surface area contributed by atoms with Gasteiger partial charge in [0, 0.05) is 17.7 Å². The minimum atomic E-state index is -1.16. The fourth-order valence-corrected chi connectivity index (χ4v) is 3.99. The zero-order chi connectivity index (χ0) is 22.5. The molecular formula is C20H16N2O7S2. The summed E-state index contributed by atoms with van der Waals surface area (Å²) in [5.74, 6) is -0.865. The zero-order valence-electron chi connectivity index (χ0n) is 16.1. The normalized spacial score (nSPS) is 14.7. The Balaban J connectivity index is 1.86. The summed E-state index contributed by atoms with van der Waals surface area (Å²) in [4.78, 5) is 35.1. The number of nitrogens with zero attached hydrogens (tertiary/aromatic N) is 2. The van der Waals surface area contributed by atoms with Gasteiger partial charge in [-0.05, 0) is 29.8 Å². The highest BCUT2D eigenvalue weighted by atomic mass is 32.2. The van der Waals surface area contributed by atoms with E-state index in [2.05, 4.69) is 0 Å². The molecule has 0 aliphatic carbocycles. The molecule has 1 amide bonds. The highest BCUT2D eigenvalue weighted by molar-refractivity contribution is 8.26. The molecule has 0 saturated carbocycles. The molecule has 3 rings (SSSR count). The van der Waals surface area contributed by atoms with Gasteiger partial charge in [-0.3, -0.25) is 24.6 Å². The first-order valence-electron chi connectivity index (χ1n) is 8.80. The molecule has 160 valence electrons. The van der Waals surface area contributed by atoms with Gasteiger partial charge < -0.3 is 14.6 Å². The minimum absolute atomic E-state index is 0.0230. The van der Waals surface area contributed by atoms with Crippen LogP contribution in [0.2, 0.25) is 0 Å². The van der Waals surface area contributed by atoms with E-state index >= 15 is 0 Å². The number of non-ortho nitro benzene ring substituents is 1. The summed E-state index contributed by atoms with van der Waals surface area (Å²) in [5.41, 5.74) is 1.22. The highest BCUT2D eigenvalue weighted by Gasteiger charge is 2.33. The summed E-state index contributed by atoms with van der Waals surface area (Å²) in [5, 5.41) is 19.8. The lowest BCUT2D eigenvalue weighted by Gasteiger charge is -2.14. The van der Waals surface area contributed by atoms with Crippen molar-refractivity contribution < 1.29 is 29.1 Å². The number of carbonyl (C=O) groups excluding carboxylic acids is 1. The van der Waals surface area contributed by atoms with E-state index in [1.165, 1.54) is 19.2 Å². The maximum absolute atomic E-state index is 12.5. The number of thioether (sulfide) groups is 1. The van der Waals surface area contributed by atoms with Gasteiger partial charge in [0.1, 0.15) is 17.5 Å². The van der Waals surface area contributed by atoms with Crippen LogP contribution in [0.4, 0.5) is 5.69 Å². The number of ether oxygens (including phenoxy) is 2. The van der Waals surface area contributed by atoms with E-state index in [0.717, 1.165) is 16.7 Å². The third kappa shape index (κ3) is 5.19. The predicted molar refractivity (Wildman–Crippen MR) is 118 cm³/mol. The Morgan fingerprint density at radius 3 is 2.61 bits per heavy atom. The first-order chi connectivity index (χ1) is 14.8. The van der Waals surface area contributed by atoms with Crippen LogP contribution in [0.5, 0.6) is 11.5 Å². The number of benzene rings is 2. The van der Waals surface area contributed by atoms with Crippen molar-refractivity contribution in [2.24, 2.45) is 0 Å². The van der Waals surface area contributed by atoms with Gasteiger partial charge in [-0.2, -0.15) is 0 Å². The standard InChI is InChI=1S/C20H16N2O7S2/c1-28-15-4-2-3-13(9-16-19(25)21(10-17(23)24)20(30)31-16)18(15)29-11-12-5-7-14(8-6-12)22(26)27/h2-9H,10-11H2,1H3,(H,23,24)/b16-9+. The number of nitro benzene ring substituents is 1. The van der Waals surface area contributed by atoms with Gasteiger partial charge in [-0.25, -0.2) is 0 Å². The van der Waals surface area contributed by atoms with Crippen LogP contribution in [0.1, 0.15) is 11.1 Å². The van der Waals surface area contributed by atoms with Gasteiger partial charge in [0.05, 0.1) is 16.9 Å². The van der Waals surface area contributed by atoms with E-state index in [9.17, 15) is 19.7 Å². The number of thiocarbonyl (C=S) groups is 1. The number of aliphatic carboxylic acids is 1. The first kappa shape index (κ1) is 22.2. The SMILES string of the molecule is COc1cccc(/C=C2/SC(=S)N(CC(=O)O)C2=O)c1OCc1ccc([N+](=O)[O-])cc1. The minimum Gasteiger partial charge on any atom is -0.493 e. The van der Waals surface area contributed by atoms with Crippen LogP contribution < -0.4 is 9.47 Å². The molecule has 0 unspecified atom stereocenters. The number of hydrogen-bond acceptors (Lipinski definition) is 8. The molecule has 0 bridgehead atoms. The fourth-order valence-electron chi connectivity index (χ4n) is 2.74. The molecule has 1 aliphatic rings. The van der Waals surface area contributed by atoms with Crippen LogP contribution in [-0.2, 0) is 16.2 Å². The topological polar surface area (TPSA) is 119 Å². The van der Waals surface area contributed by atoms with Crippen molar-refractivity contribution in [3.8, 4) is 11.5 Å². The zero-order valence-corrected chi connectivity index (χ0v) is 17.8. The Morgan fingerprint density at radius 2 is 2.00 bits per heavy atom. The van der Waals surface area contributed by atoms with E-state index in [4.69, 9.17) is 26.8 Å². The molecule has 0 spiro atoms. The second-order valence-corrected chi connectivity index (χ2v) is 7.93. The Morgan fingerprint density at radius 1 is 1.29 bits per heavy atom. The van der Waals surface area contributed by atoms with E-state index in [1.54, 1.807) is 36.4 Å². The van der Waals surface area contributed by atoms with Crippen molar-refractivity contribution in [1.29, 1.82) is 0 Å². The predicted octanol–water partition coefficient (Wildman–Crippen LogP) is 3.47. The highest BCUT2D eigenvalue weighted by Crippen LogP contribution is 2.37. The molecule has 1 saturated heterocycles. The lowest BCUT2D eigenvalue weighted by atomic mass is 10.1. The maximum Gasteiger partial charge on any atom is 0.323 e. The smallest absolute Gasteiger partial charge is 0.323 e. The second kappa shape index (κ2) is 9.58. The van der Waals surface area contributed by atoms with E-state index in [1.807, 2.05) is 0 Å². The molecule has 31 heavy (non-hydrogen) atoms. The Labute approximate surface area is 186 Å². The number of para-hydroxylation sites is 1. The average molecular weight is 460 g/mol. The van der Waals surface area contributed by atoms with Gasteiger partial charge in [0.25, 0.3) is 11.6 Å². The van der Waals surface area contributed by atoms with Gasteiger partial charge in [-0.15, -0.1) is 0 Å². The number of amides is 1. The van der Waals surface area contributed by atoms with Crippen molar-refractivity contribution in [1.82, 2.24) is 4.90 Å². The number of rotatable bonds is 8. The van der Waals surface area contributed by atoms with Crippen molar-refractivity contribution in [2.45, 2.75) is 6.61 Å². The summed E-state index contributed by atoms with van der Waals surface area (Å²) in [6, 6.07) is 11.1. The number of hydrogen-bond donors (Lipinski definition) is 1. The molecule has 0 aromatic heterocycles. The van der Waals surface area contributed by atoms with E-state index in [0.29, 0.717) is 22.6 Å². The number of carboxylic acid groups (broad SMARTS) is 1. The Kier molecular flexibility index (Phi) is 6.88. The third-order valence-electron chi connectivity index (χ3n) is 4.21. The first-order valence-corrected chi connectivity index (χ1v) is 10.0. The fraction of sp³-hybridized carbons (Fsp3) is 0.150. The van der Waals surface area contributed by atoms with Crippen LogP contribution in [0, 0.1) is 10.1 Å². The summed E-state index contributed by atoms with van der Waals surface area (Å²) in [6.07, 6.45) is 1.56. The molecule has 2 aromatic carbocycles. The molecule has 2 aromatic rings. The lowest BCUT2D eigenvalue weighted by Crippen LogP contribution is -2.33. The van der Waals surface area contributed by atoms with Crippen LogP contribution >= 0.6 is 24.0 Å². The molecule has 9 nitrogen and oxygen atoms in total. The van der Waals surface area contributed by atoms with Gasteiger partial charge in [0.15, 0.2) is 11.5 Å². The molecule has 1 fully saturated rings. The molecular weight excluding hydrogens is 444 g/mol. The molecule has 0 radical (unpaired) electrons. The third-order valence-corrected chi connectivity index (χ3v) is 5.59. The van der Waals surface area contributed by atoms with Crippen LogP contribution in [-0.4, -0.2) is 44.8 Å². The Bertz CT molecular complexity index is 1080. The molecule has 1 aliphatic heterocycles. The van der Waals surface area contributed by atoms with Gasteiger partial charge in [-0.1, -0.05) is 36.1 Å². The van der Waals surface area contributed by atoms with Crippen LogP contribution in [0.25, 0.3) is 6.08 Å². The van der Waals surface area contributed by atoms with E-state index in [-0.39, 0.29) is 21.5 Å². The molecule has 1 heterocycles. The van der Waals surface area contributed by atoms with Crippen molar-refractivity contribution in [3.63, 3.8) is 0 Å². The lowest BCUT2D eigenvalue weighted by molar-refractivity contribution is -0.384. The van der Waals surface area contributed by atoms with Crippen LogP contribution in [0.3, 0.4) is 0 Å². The molecule has 1 N–H and O–H groups in total. The van der Waals surface area contributed by atoms with Crippen molar-refractivity contribution in [2.75, 3.05) is 13.7 Å². The number of nitro groups is 1. The summed E-state index contributed by atoms with van der Waals surface area (Å²) >= 11 is 6.12. The maximum atomic E-state index is 12.5. The molecule has 11 heteroatoms. The summed E-state index contributed by atoms with van der Waals surface area (Å²) < 4.78 is 11.4. The number of carbonyl (C=O) groups is 2. The van der Waals surface area contributed by atoms with Gasteiger partial charge in [0.2, 0.25) is 0 Å². The van der Waals surface area contributed by atoms with Gasteiger partial charge >= 0.3 is 5.97 Å². The Hall–Kier alpha value is -3.44. The molecule has 0 atom stereocenters. The van der Waals surface area contributed by atoms with Crippen LogP contribution in [0.15, 0.2) is 47.4 Å². The quantitative estimate of drug-likeness (QED) is 0.273.